The Hall–Kier alpha value is -3.66. The topological polar surface area (TPSA) is 130 Å². The number of nitrogens with zero attached hydrogens (tertiary/aromatic N) is 1. The number of nitrogens with one attached hydrogen (secondary N) is 3. The smallest absolute Gasteiger partial charge is 0.291 e. The minimum absolute atomic E-state index is 0.00695. The predicted molar refractivity (Wildman–Crippen MR) is 107 cm³/mol. The highest BCUT2D eigenvalue weighted by Crippen LogP contribution is 2.20. The van der Waals surface area contributed by atoms with Gasteiger partial charge in [0.1, 0.15) is 0 Å². The Bertz CT molecular complexity index is 1160. The second-order valence-corrected chi connectivity index (χ2v) is 8.00. The van der Waals surface area contributed by atoms with Crippen molar-refractivity contribution < 1.29 is 22.5 Å². The van der Waals surface area contributed by atoms with E-state index in [2.05, 4.69) is 20.7 Å². The molecule has 0 saturated heterocycles. The van der Waals surface area contributed by atoms with Crippen molar-refractivity contribution in [3.8, 4) is 11.3 Å². The molecule has 0 fully saturated rings. The van der Waals surface area contributed by atoms with Crippen LogP contribution in [0.25, 0.3) is 11.3 Å². The van der Waals surface area contributed by atoms with Gasteiger partial charge in [-0.05, 0) is 24.6 Å². The van der Waals surface area contributed by atoms with E-state index in [-0.39, 0.29) is 16.9 Å². The van der Waals surface area contributed by atoms with Gasteiger partial charge in [-0.2, -0.15) is 0 Å². The van der Waals surface area contributed by atoms with E-state index in [1.54, 1.807) is 13.0 Å². The van der Waals surface area contributed by atoms with Crippen LogP contribution < -0.4 is 15.6 Å². The number of sulfonamides is 1. The van der Waals surface area contributed by atoms with Crippen LogP contribution in [0.1, 0.15) is 26.4 Å². The van der Waals surface area contributed by atoms with Gasteiger partial charge in [0.25, 0.3) is 11.8 Å². The van der Waals surface area contributed by atoms with Gasteiger partial charge in [-0.15, -0.1) is 0 Å². The number of hydrazine groups is 1. The van der Waals surface area contributed by atoms with Crippen LogP contribution >= 0.6 is 0 Å². The summed E-state index contributed by atoms with van der Waals surface area (Å²) in [6, 6.07) is 15.1. The van der Waals surface area contributed by atoms with E-state index in [1.165, 1.54) is 18.2 Å². The van der Waals surface area contributed by atoms with Crippen molar-refractivity contribution in [3.05, 3.63) is 71.4 Å². The summed E-state index contributed by atoms with van der Waals surface area (Å²) in [4.78, 5) is 24.5. The molecular weight excluding hydrogens is 396 g/mol. The Kier molecular flexibility index (Phi) is 5.64. The van der Waals surface area contributed by atoms with E-state index in [4.69, 9.17) is 4.52 Å². The number of anilines is 1. The van der Waals surface area contributed by atoms with Crippen LogP contribution in [0.3, 0.4) is 0 Å². The third-order valence-corrected chi connectivity index (χ3v) is 4.48. The lowest BCUT2D eigenvalue weighted by Crippen LogP contribution is -2.41. The van der Waals surface area contributed by atoms with Gasteiger partial charge in [0.05, 0.1) is 11.9 Å². The Morgan fingerprint density at radius 3 is 2.34 bits per heavy atom. The molecule has 0 spiro atoms. The molecule has 0 saturated carbocycles. The molecule has 2 aromatic carbocycles. The zero-order valence-electron chi connectivity index (χ0n) is 15.6. The first kappa shape index (κ1) is 20.1. The average Bonchev–Trinajstić information content (AvgIpc) is 3.17. The summed E-state index contributed by atoms with van der Waals surface area (Å²) in [6.45, 7) is 1.70. The SMILES string of the molecule is Cc1ccc(C(=O)NNC(=O)c2cc(-c3ccccc3)on2)cc1NS(C)(=O)=O. The van der Waals surface area contributed by atoms with Crippen molar-refractivity contribution in [1.82, 2.24) is 16.0 Å². The molecular formula is C19H18N4O5S. The maximum atomic E-state index is 12.3. The van der Waals surface area contributed by atoms with Crippen LogP contribution in [0, 0.1) is 6.92 Å². The van der Waals surface area contributed by atoms with E-state index >= 15 is 0 Å². The fraction of sp³-hybridized carbons (Fsp3) is 0.105. The second-order valence-electron chi connectivity index (χ2n) is 6.25. The lowest BCUT2D eigenvalue weighted by Gasteiger charge is -2.10. The number of carbonyl (C=O) groups excluding carboxylic acids is 2. The monoisotopic (exact) mass is 414 g/mol. The molecule has 3 N–H and O–H groups in total. The van der Waals surface area contributed by atoms with Gasteiger partial charge in [0.2, 0.25) is 10.0 Å². The molecule has 3 aromatic rings. The van der Waals surface area contributed by atoms with E-state index in [1.807, 2.05) is 30.3 Å². The Morgan fingerprint density at radius 2 is 1.66 bits per heavy atom. The van der Waals surface area contributed by atoms with E-state index in [0.717, 1.165) is 11.8 Å². The van der Waals surface area contributed by atoms with Crippen molar-refractivity contribution in [2.45, 2.75) is 6.92 Å². The van der Waals surface area contributed by atoms with Crippen molar-refractivity contribution in [1.29, 1.82) is 0 Å². The summed E-state index contributed by atoms with van der Waals surface area (Å²) in [7, 11) is -3.49. The summed E-state index contributed by atoms with van der Waals surface area (Å²) >= 11 is 0. The molecule has 1 aromatic heterocycles. The van der Waals surface area contributed by atoms with E-state index in [0.29, 0.717) is 11.3 Å². The molecule has 0 aliphatic rings. The van der Waals surface area contributed by atoms with Crippen LogP contribution in [0.15, 0.2) is 59.1 Å². The van der Waals surface area contributed by atoms with E-state index < -0.39 is 21.8 Å². The predicted octanol–water partition coefficient (Wildman–Crippen LogP) is 2.10. The lowest BCUT2D eigenvalue weighted by atomic mass is 10.1. The second kappa shape index (κ2) is 8.15. The first-order valence-corrected chi connectivity index (χ1v) is 10.3. The molecule has 29 heavy (non-hydrogen) atoms. The standard InChI is InChI=1S/C19H18N4O5S/c1-12-8-9-14(10-15(12)23-29(2,26)27)18(24)20-21-19(25)16-11-17(28-22-16)13-6-4-3-5-7-13/h3-11,23H,1-2H3,(H,20,24)(H,21,25). The molecule has 0 aliphatic heterocycles. The minimum Gasteiger partial charge on any atom is -0.355 e. The van der Waals surface area contributed by atoms with Gasteiger partial charge in [-0.1, -0.05) is 41.6 Å². The van der Waals surface area contributed by atoms with Gasteiger partial charge in [-0.3, -0.25) is 25.2 Å². The maximum Gasteiger partial charge on any atom is 0.291 e. The van der Waals surface area contributed by atoms with Crippen LogP contribution in [0.2, 0.25) is 0 Å². The number of hydrogen-bond acceptors (Lipinski definition) is 6. The number of amides is 2. The molecule has 0 unspecified atom stereocenters. The normalized spacial score (nSPS) is 11.0. The van der Waals surface area contributed by atoms with Crippen molar-refractivity contribution >= 4 is 27.5 Å². The molecule has 10 heteroatoms. The first-order valence-electron chi connectivity index (χ1n) is 8.44. The molecule has 0 radical (unpaired) electrons. The molecule has 0 aliphatic carbocycles. The number of hydrogen-bond donors (Lipinski definition) is 3. The molecule has 1 heterocycles. The average molecular weight is 414 g/mol. The summed E-state index contributed by atoms with van der Waals surface area (Å²) in [5.74, 6) is -0.871. The van der Waals surface area contributed by atoms with Crippen LogP contribution in [0.5, 0.6) is 0 Å². The highest BCUT2D eigenvalue weighted by Gasteiger charge is 2.16. The zero-order valence-corrected chi connectivity index (χ0v) is 16.4. The number of aromatic nitrogens is 1. The van der Waals surface area contributed by atoms with Crippen molar-refractivity contribution in [2.75, 3.05) is 11.0 Å². The van der Waals surface area contributed by atoms with Crippen LogP contribution in [-0.2, 0) is 10.0 Å². The molecule has 2 amide bonds. The highest BCUT2D eigenvalue weighted by molar-refractivity contribution is 7.92. The van der Waals surface area contributed by atoms with Crippen LogP contribution in [-0.4, -0.2) is 31.6 Å². The zero-order chi connectivity index (χ0) is 21.0. The number of carbonyl (C=O) groups is 2. The third kappa shape index (κ3) is 5.20. The number of aryl methyl sites for hydroxylation is 1. The van der Waals surface area contributed by atoms with Gasteiger partial charge < -0.3 is 4.52 Å². The number of rotatable bonds is 5. The molecule has 3 rings (SSSR count). The fourth-order valence-corrected chi connectivity index (χ4v) is 3.06. The Balaban J connectivity index is 1.66. The van der Waals surface area contributed by atoms with Gasteiger partial charge in [0, 0.05) is 17.2 Å². The lowest BCUT2D eigenvalue weighted by molar-refractivity contribution is 0.0841. The maximum absolute atomic E-state index is 12.3. The van der Waals surface area contributed by atoms with Gasteiger partial charge in [-0.25, -0.2) is 8.42 Å². The molecule has 9 nitrogen and oxygen atoms in total. The first-order chi connectivity index (χ1) is 13.7. The van der Waals surface area contributed by atoms with Gasteiger partial charge >= 0.3 is 0 Å². The highest BCUT2D eigenvalue weighted by atomic mass is 32.2. The summed E-state index contributed by atoms with van der Waals surface area (Å²) < 4.78 is 30.3. The quantitative estimate of drug-likeness (QED) is 0.548. The largest absolute Gasteiger partial charge is 0.355 e. The van der Waals surface area contributed by atoms with Crippen LogP contribution in [0.4, 0.5) is 5.69 Å². The van der Waals surface area contributed by atoms with Crippen molar-refractivity contribution in [3.63, 3.8) is 0 Å². The summed E-state index contributed by atoms with van der Waals surface area (Å²) in [5.41, 5.74) is 6.33. The van der Waals surface area contributed by atoms with E-state index in [9.17, 15) is 18.0 Å². The Morgan fingerprint density at radius 1 is 0.966 bits per heavy atom. The Labute approximate surface area is 167 Å². The van der Waals surface area contributed by atoms with Crippen molar-refractivity contribution in [2.24, 2.45) is 0 Å². The number of benzene rings is 2. The summed E-state index contributed by atoms with van der Waals surface area (Å²) in [5, 5.41) is 3.69. The molecule has 0 atom stereocenters. The third-order valence-electron chi connectivity index (χ3n) is 3.89. The summed E-state index contributed by atoms with van der Waals surface area (Å²) in [6.07, 6.45) is 1.01. The minimum atomic E-state index is -3.49. The molecule has 0 bridgehead atoms. The molecule has 150 valence electrons. The van der Waals surface area contributed by atoms with Gasteiger partial charge in [0.15, 0.2) is 11.5 Å². The fourth-order valence-electron chi connectivity index (χ4n) is 2.44.